The van der Waals surface area contributed by atoms with Gasteiger partial charge in [-0.2, -0.15) is 5.10 Å². The van der Waals surface area contributed by atoms with Crippen LogP contribution in [0.3, 0.4) is 0 Å². The lowest BCUT2D eigenvalue weighted by atomic mass is 10.0. The molecule has 0 saturated carbocycles. The largest absolute Gasteiger partial charge is 0.338 e. The average Bonchev–Trinajstić information content (AvgIpc) is 3.62. The minimum atomic E-state index is -0.103. The van der Waals surface area contributed by atoms with Crippen molar-refractivity contribution in [1.29, 1.82) is 0 Å². The summed E-state index contributed by atoms with van der Waals surface area (Å²) in [5.74, 6) is -0.103. The van der Waals surface area contributed by atoms with Crippen molar-refractivity contribution in [3.8, 4) is 33.6 Å². The number of H-pyrrole nitrogens is 2. The van der Waals surface area contributed by atoms with Gasteiger partial charge in [0.15, 0.2) is 5.65 Å². The molecule has 7 rings (SSSR count). The van der Waals surface area contributed by atoms with Crippen molar-refractivity contribution in [2.75, 3.05) is 5.32 Å². The molecular weight excluding hydrogens is 500 g/mol. The van der Waals surface area contributed by atoms with Crippen LogP contribution >= 0.6 is 0 Å². The third kappa shape index (κ3) is 4.45. The number of fused-ring (bicyclic) bond motifs is 2. The molecule has 7 aromatic rings. The maximum absolute atomic E-state index is 12.6. The summed E-state index contributed by atoms with van der Waals surface area (Å²) in [4.78, 5) is 33.7. The molecule has 9 nitrogen and oxygen atoms in total. The van der Waals surface area contributed by atoms with Gasteiger partial charge in [0.05, 0.1) is 29.7 Å². The van der Waals surface area contributed by atoms with E-state index in [4.69, 9.17) is 0 Å². The second-order valence-electron chi connectivity index (χ2n) is 9.41. The molecule has 0 saturated heterocycles. The second-order valence-corrected chi connectivity index (χ2v) is 9.41. The Bertz CT molecular complexity index is 1980. The molecule has 0 bridgehead atoms. The number of nitrogens with one attached hydrogen (secondary N) is 3. The highest BCUT2D eigenvalue weighted by Crippen LogP contribution is 2.34. The molecule has 0 aliphatic heterocycles. The lowest BCUT2D eigenvalue weighted by Gasteiger charge is -2.07. The monoisotopic (exact) mass is 522 g/mol. The molecule has 1 aromatic carbocycles. The third-order valence-electron chi connectivity index (χ3n) is 6.75. The van der Waals surface area contributed by atoms with Gasteiger partial charge in [0.2, 0.25) is 5.91 Å². The van der Waals surface area contributed by atoms with E-state index in [2.05, 4.69) is 46.5 Å². The van der Waals surface area contributed by atoms with Gasteiger partial charge < -0.3 is 10.3 Å². The lowest BCUT2D eigenvalue weighted by Crippen LogP contribution is -2.14. The maximum atomic E-state index is 12.6. The Balaban J connectivity index is 1.21. The number of carbonyl (C=O) groups excluding carboxylic acids is 1. The van der Waals surface area contributed by atoms with E-state index in [-0.39, 0.29) is 5.91 Å². The Hall–Kier alpha value is -5.70. The van der Waals surface area contributed by atoms with Crippen LogP contribution in [-0.2, 0) is 11.2 Å². The van der Waals surface area contributed by atoms with Crippen molar-refractivity contribution in [1.82, 2.24) is 35.1 Å². The van der Waals surface area contributed by atoms with Gasteiger partial charge >= 0.3 is 0 Å². The highest BCUT2D eigenvalue weighted by molar-refractivity contribution is 6.00. The van der Waals surface area contributed by atoms with E-state index >= 15 is 0 Å². The molecule has 0 radical (unpaired) electrons. The number of hydrogen-bond acceptors (Lipinski definition) is 6. The van der Waals surface area contributed by atoms with Gasteiger partial charge in [-0.3, -0.25) is 19.9 Å². The summed E-state index contributed by atoms with van der Waals surface area (Å²) in [5.41, 5.74) is 8.33. The normalized spacial score (nSPS) is 11.2. The molecule has 6 heterocycles. The predicted octanol–water partition coefficient (Wildman–Crippen LogP) is 5.81. The van der Waals surface area contributed by atoms with E-state index in [0.717, 1.165) is 55.6 Å². The maximum Gasteiger partial charge on any atom is 0.228 e. The smallest absolute Gasteiger partial charge is 0.228 e. The molecular formula is C31H22N8O. The lowest BCUT2D eigenvalue weighted by molar-refractivity contribution is -0.115. The van der Waals surface area contributed by atoms with Gasteiger partial charge in [0.25, 0.3) is 0 Å². The first-order valence-electron chi connectivity index (χ1n) is 12.7. The van der Waals surface area contributed by atoms with Crippen LogP contribution in [0.5, 0.6) is 0 Å². The number of pyridine rings is 4. The molecule has 0 fully saturated rings. The Morgan fingerprint density at radius 3 is 2.52 bits per heavy atom. The molecule has 9 heteroatoms. The molecule has 192 valence electrons. The summed E-state index contributed by atoms with van der Waals surface area (Å²) in [7, 11) is 0. The number of amides is 1. The zero-order valence-electron chi connectivity index (χ0n) is 21.2. The quantitative estimate of drug-likeness (QED) is 0.253. The standard InChI is InChI=1S/C31H22N8O/c40-28(11-19-5-2-1-3-6-19)36-23-12-21(16-33-18-23)22-13-26-29(38-39-31(26)35-17-22)27-14-25-24(8-10-34-30(25)37-27)20-7-4-9-32-15-20/h1-10,12-18H,11H2,(H,34,37)(H,36,40)(H,35,38,39). The molecule has 0 unspecified atom stereocenters. The van der Waals surface area contributed by atoms with Crippen LogP contribution in [0.4, 0.5) is 5.69 Å². The zero-order chi connectivity index (χ0) is 26.9. The number of benzene rings is 1. The predicted molar refractivity (Wildman–Crippen MR) is 154 cm³/mol. The number of rotatable bonds is 6. The van der Waals surface area contributed by atoms with Gasteiger partial charge in [0, 0.05) is 58.4 Å². The van der Waals surface area contributed by atoms with E-state index in [1.54, 1.807) is 31.0 Å². The van der Waals surface area contributed by atoms with E-state index in [1.807, 2.05) is 66.9 Å². The fourth-order valence-electron chi connectivity index (χ4n) is 4.85. The van der Waals surface area contributed by atoms with Crippen LogP contribution < -0.4 is 5.32 Å². The molecule has 0 aliphatic rings. The number of anilines is 1. The number of carbonyl (C=O) groups is 1. The van der Waals surface area contributed by atoms with Crippen molar-refractivity contribution in [2.24, 2.45) is 0 Å². The Labute approximate surface area is 228 Å². The molecule has 0 aliphatic carbocycles. The summed E-state index contributed by atoms with van der Waals surface area (Å²) in [5, 5.41) is 12.3. The Morgan fingerprint density at radius 1 is 0.775 bits per heavy atom. The summed E-state index contributed by atoms with van der Waals surface area (Å²) in [6, 6.07) is 21.6. The van der Waals surface area contributed by atoms with Crippen LogP contribution in [-0.4, -0.2) is 41.0 Å². The van der Waals surface area contributed by atoms with E-state index < -0.39 is 0 Å². The molecule has 6 aromatic heterocycles. The summed E-state index contributed by atoms with van der Waals surface area (Å²) in [6.07, 6.45) is 10.8. The zero-order valence-corrected chi connectivity index (χ0v) is 21.2. The van der Waals surface area contributed by atoms with Crippen molar-refractivity contribution in [3.63, 3.8) is 0 Å². The summed E-state index contributed by atoms with van der Waals surface area (Å²) in [6.45, 7) is 0. The number of hydrogen-bond donors (Lipinski definition) is 3. The van der Waals surface area contributed by atoms with Crippen molar-refractivity contribution in [2.45, 2.75) is 6.42 Å². The topological polar surface area (TPSA) is 125 Å². The van der Waals surface area contributed by atoms with Gasteiger partial charge in [-0.15, -0.1) is 0 Å². The summed E-state index contributed by atoms with van der Waals surface area (Å²) >= 11 is 0. The fraction of sp³-hybridized carbons (Fsp3) is 0.0323. The summed E-state index contributed by atoms with van der Waals surface area (Å²) < 4.78 is 0. The number of aromatic nitrogens is 7. The molecule has 0 atom stereocenters. The van der Waals surface area contributed by atoms with Gasteiger partial charge in [0.1, 0.15) is 5.65 Å². The average molecular weight is 523 g/mol. The van der Waals surface area contributed by atoms with Crippen LogP contribution in [0.2, 0.25) is 0 Å². The first-order valence-corrected chi connectivity index (χ1v) is 12.7. The highest BCUT2D eigenvalue weighted by Gasteiger charge is 2.16. The van der Waals surface area contributed by atoms with Crippen LogP contribution in [0.15, 0.2) is 104 Å². The van der Waals surface area contributed by atoms with Crippen molar-refractivity contribution < 1.29 is 4.79 Å². The van der Waals surface area contributed by atoms with Gasteiger partial charge in [-0.1, -0.05) is 36.4 Å². The SMILES string of the molecule is O=C(Cc1ccccc1)Nc1cncc(-c2cnc3n[nH]c(-c4cc5c(-c6cccnc6)ccnc5[nH]4)c3c2)c1. The van der Waals surface area contributed by atoms with E-state index in [1.165, 1.54) is 0 Å². The Kier molecular flexibility index (Phi) is 5.78. The third-order valence-corrected chi connectivity index (χ3v) is 6.75. The molecule has 1 amide bonds. The first-order chi connectivity index (χ1) is 19.7. The number of nitrogens with zero attached hydrogens (tertiary/aromatic N) is 5. The van der Waals surface area contributed by atoms with Crippen LogP contribution in [0, 0.1) is 0 Å². The fourth-order valence-corrected chi connectivity index (χ4v) is 4.85. The minimum absolute atomic E-state index is 0.103. The van der Waals surface area contributed by atoms with Crippen LogP contribution in [0.1, 0.15) is 5.56 Å². The molecule has 3 N–H and O–H groups in total. The molecule has 0 spiro atoms. The van der Waals surface area contributed by atoms with Gasteiger partial charge in [-0.05, 0) is 41.5 Å². The number of aromatic amines is 2. The second kappa shape index (κ2) is 9.88. The Morgan fingerprint density at radius 2 is 1.65 bits per heavy atom. The van der Waals surface area contributed by atoms with Crippen LogP contribution in [0.25, 0.3) is 55.7 Å². The van der Waals surface area contributed by atoms with E-state index in [0.29, 0.717) is 17.8 Å². The van der Waals surface area contributed by atoms with Crippen molar-refractivity contribution >= 4 is 33.7 Å². The van der Waals surface area contributed by atoms with E-state index in [9.17, 15) is 4.79 Å². The highest BCUT2D eigenvalue weighted by atomic mass is 16.1. The van der Waals surface area contributed by atoms with Gasteiger partial charge in [-0.25, -0.2) is 9.97 Å². The first kappa shape index (κ1) is 23.4. The molecule has 40 heavy (non-hydrogen) atoms. The minimum Gasteiger partial charge on any atom is -0.338 e. The van der Waals surface area contributed by atoms with Crippen molar-refractivity contribution in [3.05, 3.63) is 109 Å².